The largest absolute Gasteiger partial charge is 0.494 e. The highest BCUT2D eigenvalue weighted by Crippen LogP contribution is 2.27. The number of unbranched alkanes of at least 4 members (excludes halogenated alkanes) is 1. The Morgan fingerprint density at radius 3 is 2.33 bits per heavy atom. The van der Waals surface area contributed by atoms with Crippen molar-refractivity contribution in [1.29, 1.82) is 0 Å². The Morgan fingerprint density at radius 2 is 1.67 bits per heavy atom. The van der Waals surface area contributed by atoms with Gasteiger partial charge in [-0.25, -0.2) is 0 Å². The van der Waals surface area contributed by atoms with Crippen molar-refractivity contribution in [2.75, 3.05) is 33.9 Å². The minimum Gasteiger partial charge on any atom is -0.494 e. The molecule has 2 rings (SSSR count). The fourth-order valence-electron chi connectivity index (χ4n) is 2.74. The standard InChI is InChI=1S/C23H30N2O5/c1-4-5-14-30-19-9-7-18(8-10-19)23(27)25-16-22(26)24-13-12-17-6-11-20(28-2)21(15-17)29-3/h6-11,15H,4-5,12-14,16H2,1-3H3,(H,24,26)(H,25,27). The van der Waals surface area contributed by atoms with E-state index in [-0.39, 0.29) is 18.4 Å². The first-order valence-electron chi connectivity index (χ1n) is 10.1. The highest BCUT2D eigenvalue weighted by Gasteiger charge is 2.09. The van der Waals surface area contributed by atoms with Gasteiger partial charge in [0.2, 0.25) is 5.91 Å². The number of carbonyl (C=O) groups is 2. The smallest absolute Gasteiger partial charge is 0.251 e. The Morgan fingerprint density at radius 1 is 0.933 bits per heavy atom. The number of carbonyl (C=O) groups excluding carboxylic acids is 2. The molecule has 0 heterocycles. The van der Waals surface area contributed by atoms with Crippen molar-refractivity contribution in [3.63, 3.8) is 0 Å². The van der Waals surface area contributed by atoms with Crippen LogP contribution in [0.3, 0.4) is 0 Å². The van der Waals surface area contributed by atoms with Crippen molar-refractivity contribution in [1.82, 2.24) is 10.6 Å². The van der Waals surface area contributed by atoms with Crippen LogP contribution in [0.4, 0.5) is 0 Å². The molecule has 2 N–H and O–H groups in total. The highest BCUT2D eigenvalue weighted by molar-refractivity contribution is 5.96. The van der Waals surface area contributed by atoms with Crippen molar-refractivity contribution in [2.45, 2.75) is 26.2 Å². The van der Waals surface area contributed by atoms with E-state index in [2.05, 4.69) is 17.6 Å². The molecular formula is C23H30N2O5. The van der Waals surface area contributed by atoms with Crippen molar-refractivity contribution >= 4 is 11.8 Å². The summed E-state index contributed by atoms with van der Waals surface area (Å²) in [5.74, 6) is 1.49. The van der Waals surface area contributed by atoms with Gasteiger partial charge in [0.25, 0.3) is 5.91 Å². The number of benzene rings is 2. The SMILES string of the molecule is CCCCOc1ccc(C(=O)NCC(=O)NCCc2ccc(OC)c(OC)c2)cc1. The summed E-state index contributed by atoms with van der Waals surface area (Å²) in [7, 11) is 3.17. The van der Waals surface area contributed by atoms with Gasteiger partial charge in [-0.2, -0.15) is 0 Å². The van der Waals surface area contributed by atoms with Gasteiger partial charge in [-0.1, -0.05) is 19.4 Å². The van der Waals surface area contributed by atoms with Crippen molar-refractivity contribution < 1.29 is 23.8 Å². The van der Waals surface area contributed by atoms with Gasteiger partial charge in [-0.05, 0) is 54.8 Å². The van der Waals surface area contributed by atoms with Gasteiger partial charge < -0.3 is 24.8 Å². The molecule has 7 nitrogen and oxygen atoms in total. The maximum Gasteiger partial charge on any atom is 0.251 e. The predicted molar refractivity (Wildman–Crippen MR) is 115 cm³/mol. The maximum atomic E-state index is 12.2. The van der Waals surface area contributed by atoms with Crippen molar-refractivity contribution in [3.05, 3.63) is 53.6 Å². The first-order chi connectivity index (χ1) is 14.6. The molecule has 0 radical (unpaired) electrons. The molecule has 0 saturated carbocycles. The number of amides is 2. The summed E-state index contributed by atoms with van der Waals surface area (Å²) in [6.45, 7) is 3.13. The highest BCUT2D eigenvalue weighted by atomic mass is 16.5. The van der Waals surface area contributed by atoms with Crippen LogP contribution in [0.5, 0.6) is 17.2 Å². The molecule has 0 atom stereocenters. The van der Waals surface area contributed by atoms with Crippen LogP contribution in [0.25, 0.3) is 0 Å². The lowest BCUT2D eigenvalue weighted by molar-refractivity contribution is -0.120. The normalized spacial score (nSPS) is 10.2. The van der Waals surface area contributed by atoms with Crippen LogP contribution in [0.1, 0.15) is 35.7 Å². The third kappa shape index (κ3) is 7.31. The molecular weight excluding hydrogens is 384 g/mol. The molecule has 7 heteroatoms. The van der Waals surface area contributed by atoms with Gasteiger partial charge in [0.15, 0.2) is 11.5 Å². The number of rotatable bonds is 12. The van der Waals surface area contributed by atoms with Crippen molar-refractivity contribution in [2.24, 2.45) is 0 Å². The van der Waals surface area contributed by atoms with E-state index in [4.69, 9.17) is 14.2 Å². The summed E-state index contributed by atoms with van der Waals surface area (Å²) >= 11 is 0. The monoisotopic (exact) mass is 414 g/mol. The number of hydrogen-bond acceptors (Lipinski definition) is 5. The summed E-state index contributed by atoms with van der Waals surface area (Å²) < 4.78 is 16.1. The number of hydrogen-bond donors (Lipinski definition) is 2. The van der Waals surface area contributed by atoms with Gasteiger partial charge >= 0.3 is 0 Å². The van der Waals surface area contributed by atoms with Gasteiger partial charge in [-0.3, -0.25) is 9.59 Å². The fourth-order valence-corrected chi connectivity index (χ4v) is 2.74. The van der Waals surface area contributed by atoms with Crippen LogP contribution < -0.4 is 24.8 Å². The Kier molecular flexibility index (Phi) is 9.51. The van der Waals surface area contributed by atoms with E-state index in [9.17, 15) is 9.59 Å². The molecule has 0 aliphatic carbocycles. The molecule has 162 valence electrons. The zero-order valence-electron chi connectivity index (χ0n) is 17.8. The summed E-state index contributed by atoms with van der Waals surface area (Å²) in [4.78, 5) is 24.2. The topological polar surface area (TPSA) is 85.9 Å². The van der Waals surface area contributed by atoms with Gasteiger partial charge in [0, 0.05) is 12.1 Å². The summed E-state index contributed by atoms with van der Waals surface area (Å²) in [5.41, 5.74) is 1.49. The van der Waals surface area contributed by atoms with Crippen LogP contribution in [-0.4, -0.2) is 45.7 Å². The zero-order chi connectivity index (χ0) is 21.8. The van der Waals surface area contributed by atoms with E-state index in [1.807, 2.05) is 18.2 Å². The molecule has 30 heavy (non-hydrogen) atoms. The first-order valence-corrected chi connectivity index (χ1v) is 10.1. The summed E-state index contributed by atoms with van der Waals surface area (Å²) in [6, 6.07) is 12.5. The lowest BCUT2D eigenvalue weighted by atomic mass is 10.1. The van der Waals surface area contributed by atoms with E-state index in [1.165, 1.54) is 0 Å². The molecule has 0 aliphatic heterocycles. The summed E-state index contributed by atoms with van der Waals surface area (Å²) in [6.07, 6.45) is 2.69. The van der Waals surface area contributed by atoms with Crippen LogP contribution in [0.15, 0.2) is 42.5 Å². The average Bonchev–Trinajstić information content (AvgIpc) is 2.78. The predicted octanol–water partition coefficient (Wildman–Crippen LogP) is 2.97. The fraction of sp³-hybridized carbons (Fsp3) is 0.391. The van der Waals surface area contributed by atoms with Crippen LogP contribution >= 0.6 is 0 Å². The van der Waals surface area contributed by atoms with E-state index < -0.39 is 0 Å². The van der Waals surface area contributed by atoms with E-state index in [0.717, 1.165) is 24.2 Å². The van der Waals surface area contributed by atoms with Crippen LogP contribution in [0, 0.1) is 0 Å². The number of nitrogens with one attached hydrogen (secondary N) is 2. The van der Waals surface area contributed by atoms with Crippen molar-refractivity contribution in [3.8, 4) is 17.2 Å². The van der Waals surface area contributed by atoms with Gasteiger partial charge in [-0.15, -0.1) is 0 Å². The third-order valence-corrected chi connectivity index (χ3v) is 4.48. The molecule has 0 saturated heterocycles. The quantitative estimate of drug-likeness (QED) is 0.522. The van der Waals surface area contributed by atoms with Gasteiger partial charge in [0.1, 0.15) is 5.75 Å². The molecule has 0 aromatic heterocycles. The Labute approximate surface area is 177 Å². The summed E-state index contributed by atoms with van der Waals surface area (Å²) in [5, 5.41) is 5.42. The Hall–Kier alpha value is -3.22. The lowest BCUT2D eigenvalue weighted by Gasteiger charge is -2.10. The number of methoxy groups -OCH3 is 2. The van der Waals surface area contributed by atoms with Crippen LogP contribution in [-0.2, 0) is 11.2 Å². The molecule has 0 spiro atoms. The third-order valence-electron chi connectivity index (χ3n) is 4.48. The second-order valence-electron chi connectivity index (χ2n) is 6.70. The van der Waals surface area contributed by atoms with E-state index in [0.29, 0.717) is 36.6 Å². The second kappa shape index (κ2) is 12.4. The molecule has 0 aliphatic rings. The second-order valence-corrected chi connectivity index (χ2v) is 6.70. The average molecular weight is 415 g/mol. The lowest BCUT2D eigenvalue weighted by Crippen LogP contribution is -2.37. The molecule has 0 unspecified atom stereocenters. The number of ether oxygens (including phenoxy) is 3. The molecule has 0 fully saturated rings. The molecule has 2 amide bonds. The van der Waals surface area contributed by atoms with Gasteiger partial charge in [0.05, 0.1) is 27.4 Å². The molecule has 0 bridgehead atoms. The molecule has 2 aromatic rings. The maximum absolute atomic E-state index is 12.2. The zero-order valence-corrected chi connectivity index (χ0v) is 17.8. The van der Waals surface area contributed by atoms with E-state index >= 15 is 0 Å². The first kappa shape index (κ1) is 23.1. The minimum atomic E-state index is -0.301. The Bertz CT molecular complexity index is 821. The van der Waals surface area contributed by atoms with Crippen LogP contribution in [0.2, 0.25) is 0 Å². The Balaban J connectivity index is 1.72. The van der Waals surface area contributed by atoms with E-state index in [1.54, 1.807) is 38.5 Å². The molecule has 2 aromatic carbocycles. The minimum absolute atomic E-state index is 0.0838.